The fourth-order valence-corrected chi connectivity index (χ4v) is 1.46. The second kappa shape index (κ2) is 5.31. The van der Waals surface area contributed by atoms with Crippen LogP contribution >= 0.6 is 0 Å². The Hall–Kier alpha value is -2.37. The van der Waals surface area contributed by atoms with Gasteiger partial charge in [0.1, 0.15) is 11.4 Å². The second-order valence-electron chi connectivity index (χ2n) is 3.40. The molecule has 2 aromatic rings. The van der Waals surface area contributed by atoms with Crippen LogP contribution in [0.1, 0.15) is 17.3 Å². The van der Waals surface area contributed by atoms with E-state index in [0.29, 0.717) is 29.6 Å². The van der Waals surface area contributed by atoms with Gasteiger partial charge in [0.25, 0.3) is 0 Å². The van der Waals surface area contributed by atoms with Crippen molar-refractivity contribution in [2.45, 2.75) is 6.92 Å². The Morgan fingerprint density at radius 3 is 3.00 bits per heavy atom. The highest BCUT2D eigenvalue weighted by Crippen LogP contribution is 2.19. The van der Waals surface area contributed by atoms with E-state index in [-0.39, 0.29) is 0 Å². The van der Waals surface area contributed by atoms with Crippen molar-refractivity contribution in [2.75, 3.05) is 19.0 Å². The first-order chi connectivity index (χ1) is 8.76. The molecule has 2 rings (SSSR count). The number of anilines is 1. The van der Waals surface area contributed by atoms with Crippen LogP contribution in [-0.4, -0.2) is 29.6 Å². The maximum absolute atomic E-state index is 11.7. The van der Waals surface area contributed by atoms with E-state index >= 15 is 0 Å². The van der Waals surface area contributed by atoms with E-state index in [0.717, 1.165) is 0 Å². The lowest BCUT2D eigenvalue weighted by Crippen LogP contribution is -2.10. The molecule has 94 valence electrons. The van der Waals surface area contributed by atoms with Gasteiger partial charge in [-0.25, -0.2) is 14.8 Å². The highest BCUT2D eigenvalue weighted by atomic mass is 16.5. The van der Waals surface area contributed by atoms with Gasteiger partial charge in [-0.15, -0.1) is 0 Å². The molecule has 2 heterocycles. The summed E-state index contributed by atoms with van der Waals surface area (Å²) in [7, 11) is 1.68. The zero-order valence-corrected chi connectivity index (χ0v) is 10.1. The lowest BCUT2D eigenvalue weighted by Gasteiger charge is -2.07. The molecule has 0 aliphatic rings. The Labute approximate surface area is 104 Å². The number of carbonyl (C=O) groups is 1. The van der Waals surface area contributed by atoms with Gasteiger partial charge in [0, 0.05) is 13.2 Å². The molecule has 0 saturated carbocycles. The van der Waals surface area contributed by atoms with Crippen molar-refractivity contribution in [1.29, 1.82) is 0 Å². The van der Waals surface area contributed by atoms with Crippen LogP contribution in [0.5, 0.6) is 0 Å². The minimum Gasteiger partial charge on any atom is -0.462 e. The molecular formula is C12H13N3O3. The summed E-state index contributed by atoms with van der Waals surface area (Å²) < 4.78 is 10.1. The second-order valence-corrected chi connectivity index (χ2v) is 3.40. The number of rotatable bonds is 4. The third-order valence-corrected chi connectivity index (χ3v) is 2.26. The van der Waals surface area contributed by atoms with Crippen LogP contribution in [-0.2, 0) is 4.74 Å². The number of hydrogen-bond donors (Lipinski definition) is 1. The molecule has 2 aromatic heterocycles. The van der Waals surface area contributed by atoms with Crippen LogP contribution in [0, 0.1) is 0 Å². The topological polar surface area (TPSA) is 77.2 Å². The van der Waals surface area contributed by atoms with E-state index in [1.165, 1.54) is 12.5 Å². The monoisotopic (exact) mass is 247 g/mol. The average molecular weight is 247 g/mol. The molecule has 0 saturated heterocycles. The molecule has 0 fully saturated rings. The van der Waals surface area contributed by atoms with Crippen molar-refractivity contribution in [3.63, 3.8) is 0 Å². The van der Waals surface area contributed by atoms with Crippen LogP contribution in [0.15, 0.2) is 29.0 Å². The molecule has 6 heteroatoms. The van der Waals surface area contributed by atoms with E-state index in [4.69, 9.17) is 9.15 Å². The highest BCUT2D eigenvalue weighted by Gasteiger charge is 2.16. The number of nitrogens with zero attached hydrogens (tertiary/aromatic N) is 2. The summed E-state index contributed by atoms with van der Waals surface area (Å²) >= 11 is 0. The molecule has 0 atom stereocenters. The largest absolute Gasteiger partial charge is 0.462 e. The van der Waals surface area contributed by atoms with Crippen LogP contribution in [0.4, 0.5) is 5.82 Å². The van der Waals surface area contributed by atoms with Crippen molar-refractivity contribution < 1.29 is 13.9 Å². The van der Waals surface area contributed by atoms with Crippen LogP contribution in [0.2, 0.25) is 0 Å². The van der Waals surface area contributed by atoms with Gasteiger partial charge in [-0.2, -0.15) is 0 Å². The van der Waals surface area contributed by atoms with Gasteiger partial charge in [-0.1, -0.05) is 0 Å². The molecule has 0 aliphatic carbocycles. The molecule has 0 radical (unpaired) electrons. The lowest BCUT2D eigenvalue weighted by molar-refractivity contribution is 0.0526. The van der Waals surface area contributed by atoms with Gasteiger partial charge >= 0.3 is 5.97 Å². The molecule has 0 amide bonds. The van der Waals surface area contributed by atoms with Gasteiger partial charge in [0.15, 0.2) is 11.6 Å². The van der Waals surface area contributed by atoms with Gasteiger partial charge in [0.05, 0.1) is 12.9 Å². The molecule has 0 spiro atoms. The van der Waals surface area contributed by atoms with Crippen LogP contribution < -0.4 is 5.32 Å². The van der Waals surface area contributed by atoms with Crippen LogP contribution in [0.25, 0.3) is 11.6 Å². The molecule has 0 aromatic carbocycles. The molecule has 0 bridgehead atoms. The number of nitrogens with one attached hydrogen (secondary N) is 1. The Morgan fingerprint density at radius 2 is 2.39 bits per heavy atom. The molecular weight excluding hydrogens is 234 g/mol. The van der Waals surface area contributed by atoms with Gasteiger partial charge in [0.2, 0.25) is 0 Å². The summed E-state index contributed by atoms with van der Waals surface area (Å²) in [5.41, 5.74) is 0.301. The van der Waals surface area contributed by atoms with Crippen molar-refractivity contribution in [3.05, 3.63) is 30.2 Å². The van der Waals surface area contributed by atoms with E-state index in [1.807, 2.05) is 0 Å². The fraction of sp³-hybridized carbons (Fsp3) is 0.250. The number of ether oxygens (including phenoxy) is 1. The van der Waals surface area contributed by atoms with E-state index < -0.39 is 5.97 Å². The van der Waals surface area contributed by atoms with Crippen molar-refractivity contribution in [3.8, 4) is 11.6 Å². The first-order valence-electron chi connectivity index (χ1n) is 5.52. The quantitative estimate of drug-likeness (QED) is 0.832. The Morgan fingerprint density at radius 1 is 1.56 bits per heavy atom. The maximum Gasteiger partial charge on any atom is 0.343 e. The smallest absolute Gasteiger partial charge is 0.343 e. The lowest BCUT2D eigenvalue weighted by atomic mass is 10.3. The molecule has 1 N–H and O–H groups in total. The third-order valence-electron chi connectivity index (χ3n) is 2.26. The van der Waals surface area contributed by atoms with E-state index in [1.54, 1.807) is 26.1 Å². The zero-order chi connectivity index (χ0) is 13.0. The maximum atomic E-state index is 11.7. The van der Waals surface area contributed by atoms with Gasteiger partial charge < -0.3 is 14.5 Å². The third kappa shape index (κ3) is 2.32. The summed E-state index contributed by atoms with van der Waals surface area (Å²) in [6, 6.07) is 3.50. The molecule has 6 nitrogen and oxygen atoms in total. The Balaban J connectivity index is 2.37. The number of aromatic nitrogens is 2. The minimum absolute atomic E-state index is 0.301. The normalized spacial score (nSPS) is 10.1. The summed E-state index contributed by atoms with van der Waals surface area (Å²) in [5.74, 6) is 0.919. The summed E-state index contributed by atoms with van der Waals surface area (Å²) in [4.78, 5) is 20.0. The average Bonchev–Trinajstić information content (AvgIpc) is 2.92. The molecule has 0 aliphatic heterocycles. The van der Waals surface area contributed by atoms with Gasteiger partial charge in [-0.3, -0.25) is 0 Å². The number of esters is 1. The summed E-state index contributed by atoms with van der Waals surface area (Å²) in [6.07, 6.45) is 2.96. The van der Waals surface area contributed by atoms with Crippen molar-refractivity contribution in [2.24, 2.45) is 0 Å². The van der Waals surface area contributed by atoms with E-state index in [2.05, 4.69) is 15.3 Å². The molecule has 0 unspecified atom stereocenters. The highest BCUT2D eigenvalue weighted by molar-refractivity contribution is 5.94. The first kappa shape index (κ1) is 12.1. The summed E-state index contributed by atoms with van der Waals surface area (Å²) in [5, 5.41) is 2.84. The minimum atomic E-state index is -0.451. The number of furan rings is 1. The van der Waals surface area contributed by atoms with Gasteiger partial charge in [-0.05, 0) is 19.1 Å². The predicted octanol–water partition coefficient (Wildman–Crippen LogP) is 1.96. The Kier molecular flexibility index (Phi) is 3.57. The van der Waals surface area contributed by atoms with E-state index in [9.17, 15) is 4.79 Å². The fourth-order valence-electron chi connectivity index (χ4n) is 1.46. The van der Waals surface area contributed by atoms with Crippen molar-refractivity contribution in [1.82, 2.24) is 9.97 Å². The Bertz CT molecular complexity index is 538. The number of carbonyl (C=O) groups excluding carboxylic acids is 1. The predicted molar refractivity (Wildman–Crippen MR) is 65.2 cm³/mol. The number of hydrogen-bond acceptors (Lipinski definition) is 6. The SMILES string of the molecule is CCOC(=O)c1cnc(-c2ccco2)nc1NC. The van der Waals surface area contributed by atoms with Crippen LogP contribution in [0.3, 0.4) is 0 Å². The molecule has 18 heavy (non-hydrogen) atoms. The first-order valence-corrected chi connectivity index (χ1v) is 5.52. The standard InChI is InChI=1S/C12H13N3O3/c1-3-17-12(16)8-7-14-11(15-10(8)13-2)9-5-4-6-18-9/h4-7H,3H2,1-2H3,(H,13,14,15). The zero-order valence-electron chi connectivity index (χ0n) is 10.1. The van der Waals surface area contributed by atoms with Crippen molar-refractivity contribution >= 4 is 11.8 Å². The summed E-state index contributed by atoms with van der Waals surface area (Å²) in [6.45, 7) is 2.05.